The summed E-state index contributed by atoms with van der Waals surface area (Å²) in [6.07, 6.45) is 2.57. The number of nitrogens with one attached hydrogen (secondary N) is 2. The first kappa shape index (κ1) is 25.6. The van der Waals surface area contributed by atoms with Crippen LogP contribution in [0.5, 0.6) is 0 Å². The van der Waals surface area contributed by atoms with Crippen LogP contribution in [-0.4, -0.2) is 69.2 Å². The van der Waals surface area contributed by atoms with E-state index in [1.165, 1.54) is 11.1 Å². The Labute approximate surface area is 203 Å². The van der Waals surface area contributed by atoms with Crippen LogP contribution < -0.4 is 10.6 Å². The van der Waals surface area contributed by atoms with Crippen LogP contribution in [0.15, 0.2) is 52.1 Å². The van der Waals surface area contributed by atoms with E-state index in [-0.39, 0.29) is 24.0 Å². The molecule has 2 heterocycles. The van der Waals surface area contributed by atoms with Crippen molar-refractivity contribution in [3.63, 3.8) is 0 Å². The first-order valence-corrected chi connectivity index (χ1v) is 10.8. The molecule has 0 unspecified atom stereocenters. The minimum atomic E-state index is 0. The summed E-state index contributed by atoms with van der Waals surface area (Å²) in [5, 5.41) is 6.70. The van der Waals surface area contributed by atoms with Crippen LogP contribution in [0.3, 0.4) is 0 Å². The van der Waals surface area contributed by atoms with Gasteiger partial charge in [-0.25, -0.2) is 0 Å². The van der Waals surface area contributed by atoms with E-state index < -0.39 is 0 Å². The van der Waals surface area contributed by atoms with Crippen molar-refractivity contribution in [3.8, 4) is 0 Å². The number of hydrogen-bond donors (Lipinski definition) is 2. The Hall–Kier alpha value is -1.62. The summed E-state index contributed by atoms with van der Waals surface area (Å²) in [4.78, 5) is 9.20. The molecule has 0 bridgehead atoms. The first-order valence-electron chi connectivity index (χ1n) is 10.8. The van der Waals surface area contributed by atoms with Crippen LogP contribution in [0.2, 0.25) is 0 Å². The zero-order valence-electron chi connectivity index (χ0n) is 18.7. The molecular weight excluding hydrogens is 505 g/mol. The molecule has 2 aromatic rings. The zero-order valence-corrected chi connectivity index (χ0v) is 21.0. The monoisotopic (exact) mass is 541 g/mol. The number of aliphatic imine (C=N–C) groups is 1. The van der Waals surface area contributed by atoms with Crippen molar-refractivity contribution in [3.05, 3.63) is 59.5 Å². The second-order valence-corrected chi connectivity index (χ2v) is 7.73. The number of benzene rings is 1. The Morgan fingerprint density at radius 3 is 2.48 bits per heavy atom. The Balaban J connectivity index is 0.00000341. The topological polar surface area (TPSA) is 65.3 Å². The predicted molar refractivity (Wildman–Crippen MR) is 136 cm³/mol. The van der Waals surface area contributed by atoms with E-state index >= 15 is 0 Å². The molecule has 7 nitrogen and oxygen atoms in total. The molecule has 0 amide bonds. The highest BCUT2D eigenvalue weighted by molar-refractivity contribution is 14.0. The molecule has 0 radical (unpaired) electrons. The largest absolute Gasteiger partial charge is 0.467 e. The van der Waals surface area contributed by atoms with Gasteiger partial charge < -0.3 is 24.7 Å². The van der Waals surface area contributed by atoms with Gasteiger partial charge >= 0.3 is 0 Å². The summed E-state index contributed by atoms with van der Waals surface area (Å²) in [6.45, 7) is 8.40. The Bertz CT molecular complexity index is 744. The summed E-state index contributed by atoms with van der Waals surface area (Å²) in [5.74, 6) is 1.66. The lowest BCUT2D eigenvalue weighted by Gasteiger charge is -2.32. The van der Waals surface area contributed by atoms with Gasteiger partial charge in [-0.05, 0) is 36.7 Å². The Kier molecular flexibility index (Phi) is 11.9. The summed E-state index contributed by atoms with van der Waals surface area (Å²) < 4.78 is 10.8. The molecule has 0 saturated carbocycles. The highest BCUT2D eigenvalue weighted by atomic mass is 127. The quantitative estimate of drug-likeness (QED) is 0.209. The van der Waals surface area contributed by atoms with Crippen LogP contribution in [0.25, 0.3) is 0 Å². The maximum Gasteiger partial charge on any atom is 0.191 e. The van der Waals surface area contributed by atoms with E-state index in [0.717, 1.165) is 64.0 Å². The van der Waals surface area contributed by atoms with E-state index in [4.69, 9.17) is 9.15 Å². The second-order valence-electron chi connectivity index (χ2n) is 7.73. The average molecular weight is 541 g/mol. The third kappa shape index (κ3) is 9.59. The number of hydrogen-bond acceptors (Lipinski definition) is 5. The van der Waals surface area contributed by atoms with Gasteiger partial charge in [0.2, 0.25) is 0 Å². The maximum atomic E-state index is 5.59. The predicted octanol–water partition coefficient (Wildman–Crippen LogP) is 2.92. The van der Waals surface area contributed by atoms with E-state index in [9.17, 15) is 0 Å². The molecular formula is C23H36IN5O2. The molecule has 1 saturated heterocycles. The zero-order chi connectivity index (χ0) is 21.0. The van der Waals surface area contributed by atoms with Crippen molar-refractivity contribution < 1.29 is 9.15 Å². The molecule has 172 valence electrons. The van der Waals surface area contributed by atoms with Crippen LogP contribution in [0.1, 0.15) is 23.3 Å². The molecule has 3 rings (SSSR count). The Morgan fingerprint density at radius 1 is 1.06 bits per heavy atom. The highest BCUT2D eigenvalue weighted by Crippen LogP contribution is 2.09. The fraction of sp³-hybridized carbons (Fsp3) is 0.522. The summed E-state index contributed by atoms with van der Waals surface area (Å²) >= 11 is 0. The van der Waals surface area contributed by atoms with Crippen LogP contribution in [-0.2, 0) is 24.4 Å². The Morgan fingerprint density at radius 2 is 1.81 bits per heavy atom. The van der Waals surface area contributed by atoms with Crippen LogP contribution in [0, 0.1) is 0 Å². The second kappa shape index (κ2) is 14.4. The highest BCUT2D eigenvalue weighted by Gasteiger charge is 2.13. The molecule has 0 atom stereocenters. The lowest BCUT2D eigenvalue weighted by Crippen LogP contribution is -2.43. The lowest BCUT2D eigenvalue weighted by atomic mass is 10.1. The minimum absolute atomic E-state index is 0. The van der Waals surface area contributed by atoms with Crippen molar-refractivity contribution in [1.29, 1.82) is 0 Å². The van der Waals surface area contributed by atoms with E-state index in [2.05, 4.69) is 56.7 Å². The molecule has 1 aliphatic heterocycles. The third-order valence-electron chi connectivity index (χ3n) is 5.29. The first-order chi connectivity index (χ1) is 14.7. The van der Waals surface area contributed by atoms with Crippen LogP contribution >= 0.6 is 24.0 Å². The van der Waals surface area contributed by atoms with Crippen molar-refractivity contribution >= 4 is 29.9 Å². The van der Waals surface area contributed by atoms with Gasteiger partial charge in [-0.15, -0.1) is 24.0 Å². The van der Waals surface area contributed by atoms with E-state index in [1.54, 1.807) is 13.3 Å². The number of rotatable bonds is 10. The van der Waals surface area contributed by atoms with Crippen molar-refractivity contribution in [2.24, 2.45) is 4.99 Å². The summed E-state index contributed by atoms with van der Waals surface area (Å²) in [5.41, 5.74) is 2.63. The molecule has 2 N–H and O–H groups in total. The number of halogens is 1. The van der Waals surface area contributed by atoms with E-state index in [0.29, 0.717) is 13.2 Å². The van der Waals surface area contributed by atoms with Crippen molar-refractivity contribution in [2.75, 3.05) is 53.4 Å². The number of piperazine rings is 1. The van der Waals surface area contributed by atoms with Gasteiger partial charge in [-0.1, -0.05) is 24.3 Å². The lowest BCUT2D eigenvalue weighted by molar-refractivity contribution is 0.105. The van der Waals surface area contributed by atoms with Gasteiger partial charge in [0.15, 0.2) is 5.96 Å². The average Bonchev–Trinajstić information content (AvgIpc) is 3.29. The molecule has 1 aromatic carbocycles. The number of furan rings is 1. The normalized spacial score (nSPS) is 15.5. The van der Waals surface area contributed by atoms with Gasteiger partial charge in [-0.3, -0.25) is 9.89 Å². The summed E-state index contributed by atoms with van der Waals surface area (Å²) in [7, 11) is 3.99. The number of likely N-dealkylation sites (N-methyl/N-ethyl adjacent to an activating group) is 1. The van der Waals surface area contributed by atoms with Gasteiger partial charge in [0.25, 0.3) is 0 Å². The van der Waals surface area contributed by atoms with Crippen LogP contribution in [0.4, 0.5) is 0 Å². The van der Waals surface area contributed by atoms with Gasteiger partial charge in [0, 0.05) is 59.5 Å². The van der Waals surface area contributed by atoms with E-state index in [1.807, 2.05) is 12.1 Å². The third-order valence-corrected chi connectivity index (χ3v) is 5.29. The SMILES string of the molecule is CN=C(NCCCOCc1ccco1)NCc1ccc(CN2CCN(C)CC2)cc1.I. The van der Waals surface area contributed by atoms with Gasteiger partial charge in [0.1, 0.15) is 12.4 Å². The van der Waals surface area contributed by atoms with Crippen molar-refractivity contribution in [2.45, 2.75) is 26.1 Å². The minimum Gasteiger partial charge on any atom is -0.467 e. The fourth-order valence-electron chi connectivity index (χ4n) is 3.38. The summed E-state index contributed by atoms with van der Waals surface area (Å²) in [6, 6.07) is 12.7. The van der Waals surface area contributed by atoms with Gasteiger partial charge in [-0.2, -0.15) is 0 Å². The fourth-order valence-corrected chi connectivity index (χ4v) is 3.38. The molecule has 8 heteroatoms. The molecule has 0 aliphatic carbocycles. The standard InChI is InChI=1S/C23H35N5O2.HI/c1-24-23(25-10-4-15-29-19-22-5-3-16-30-22)26-17-20-6-8-21(9-7-20)18-28-13-11-27(2)12-14-28;/h3,5-9,16H,4,10-15,17-19H2,1-2H3,(H2,24,25,26);1H. The molecule has 0 spiro atoms. The maximum absolute atomic E-state index is 5.59. The molecule has 1 fully saturated rings. The van der Waals surface area contributed by atoms with Crippen molar-refractivity contribution in [1.82, 2.24) is 20.4 Å². The number of ether oxygens (including phenoxy) is 1. The molecule has 1 aromatic heterocycles. The smallest absolute Gasteiger partial charge is 0.191 e. The number of nitrogens with zero attached hydrogens (tertiary/aromatic N) is 3. The molecule has 31 heavy (non-hydrogen) atoms. The van der Waals surface area contributed by atoms with Gasteiger partial charge in [0.05, 0.1) is 6.26 Å². The molecule has 1 aliphatic rings. The number of guanidine groups is 1.